The first-order chi connectivity index (χ1) is 11.5. The SMILES string of the molecule is Cc1cccc(N2CCN(c3ccc(C(=O)C(N)=O)cc3)CC2)n1. The van der Waals surface area contributed by atoms with Crippen LogP contribution < -0.4 is 15.5 Å². The van der Waals surface area contributed by atoms with Gasteiger partial charge < -0.3 is 15.5 Å². The van der Waals surface area contributed by atoms with Gasteiger partial charge in [0.15, 0.2) is 0 Å². The minimum absolute atomic E-state index is 0.328. The second-order valence-electron chi connectivity index (χ2n) is 5.85. The molecule has 1 saturated heterocycles. The van der Waals surface area contributed by atoms with Crippen molar-refractivity contribution in [1.82, 2.24) is 4.98 Å². The van der Waals surface area contributed by atoms with Crippen LogP contribution in [0.25, 0.3) is 0 Å². The number of pyridine rings is 1. The highest BCUT2D eigenvalue weighted by molar-refractivity contribution is 6.42. The molecular weight excluding hydrogens is 304 g/mol. The molecule has 1 aliphatic rings. The first-order valence-corrected chi connectivity index (χ1v) is 7.92. The zero-order valence-electron chi connectivity index (χ0n) is 13.6. The summed E-state index contributed by atoms with van der Waals surface area (Å²) in [5, 5.41) is 0. The Morgan fingerprint density at radius 3 is 2.17 bits per heavy atom. The van der Waals surface area contributed by atoms with Gasteiger partial charge in [-0.15, -0.1) is 0 Å². The second kappa shape index (κ2) is 6.70. The van der Waals surface area contributed by atoms with Gasteiger partial charge in [-0.05, 0) is 43.3 Å². The van der Waals surface area contributed by atoms with Crippen molar-refractivity contribution in [3.8, 4) is 0 Å². The van der Waals surface area contributed by atoms with Crippen molar-refractivity contribution in [1.29, 1.82) is 0 Å². The van der Waals surface area contributed by atoms with Gasteiger partial charge in [0, 0.05) is 43.1 Å². The number of rotatable bonds is 4. The van der Waals surface area contributed by atoms with Crippen LogP contribution in [0, 0.1) is 6.92 Å². The number of anilines is 2. The summed E-state index contributed by atoms with van der Waals surface area (Å²) in [4.78, 5) is 31.6. The zero-order chi connectivity index (χ0) is 17.1. The first-order valence-electron chi connectivity index (χ1n) is 7.92. The highest BCUT2D eigenvalue weighted by Gasteiger charge is 2.19. The molecule has 1 aliphatic heterocycles. The monoisotopic (exact) mass is 324 g/mol. The highest BCUT2D eigenvalue weighted by atomic mass is 16.2. The number of amides is 1. The molecule has 0 aliphatic carbocycles. The lowest BCUT2D eigenvalue weighted by Gasteiger charge is -2.36. The molecule has 24 heavy (non-hydrogen) atoms. The van der Waals surface area contributed by atoms with E-state index in [9.17, 15) is 9.59 Å². The van der Waals surface area contributed by atoms with Gasteiger partial charge in [-0.3, -0.25) is 9.59 Å². The predicted molar refractivity (Wildman–Crippen MR) is 93.4 cm³/mol. The van der Waals surface area contributed by atoms with E-state index >= 15 is 0 Å². The third-order valence-corrected chi connectivity index (χ3v) is 4.20. The van der Waals surface area contributed by atoms with Crippen LogP contribution in [0.3, 0.4) is 0 Å². The lowest BCUT2D eigenvalue weighted by molar-refractivity contribution is -0.114. The van der Waals surface area contributed by atoms with Gasteiger partial charge >= 0.3 is 0 Å². The molecule has 2 heterocycles. The molecule has 0 spiro atoms. The number of carbonyl (C=O) groups excluding carboxylic acids is 2. The lowest BCUT2D eigenvalue weighted by atomic mass is 10.1. The topological polar surface area (TPSA) is 79.5 Å². The molecule has 1 aromatic carbocycles. The minimum atomic E-state index is -0.929. The molecule has 0 unspecified atom stereocenters. The number of hydrogen-bond donors (Lipinski definition) is 1. The van der Waals surface area contributed by atoms with E-state index in [1.54, 1.807) is 12.1 Å². The average Bonchev–Trinajstić information content (AvgIpc) is 2.61. The molecule has 1 amide bonds. The fourth-order valence-electron chi connectivity index (χ4n) is 2.86. The van der Waals surface area contributed by atoms with Crippen LogP contribution in [-0.2, 0) is 4.79 Å². The van der Waals surface area contributed by atoms with Gasteiger partial charge in [-0.2, -0.15) is 0 Å². The number of benzene rings is 1. The average molecular weight is 324 g/mol. The minimum Gasteiger partial charge on any atom is -0.368 e. The maximum absolute atomic E-state index is 11.6. The van der Waals surface area contributed by atoms with Crippen LogP contribution in [0.1, 0.15) is 16.1 Å². The molecule has 2 N–H and O–H groups in total. The molecule has 6 nitrogen and oxygen atoms in total. The molecule has 1 aromatic heterocycles. The summed E-state index contributed by atoms with van der Waals surface area (Å²) in [6.45, 7) is 5.52. The van der Waals surface area contributed by atoms with E-state index in [4.69, 9.17) is 5.73 Å². The summed E-state index contributed by atoms with van der Waals surface area (Å²) in [6.07, 6.45) is 0. The van der Waals surface area contributed by atoms with Crippen LogP contribution in [0.2, 0.25) is 0 Å². The molecule has 2 aromatic rings. The molecule has 0 atom stereocenters. The lowest BCUT2D eigenvalue weighted by Crippen LogP contribution is -2.46. The number of aromatic nitrogens is 1. The Balaban J connectivity index is 1.64. The summed E-state index contributed by atoms with van der Waals surface area (Å²) in [5.41, 5.74) is 7.40. The molecular formula is C18H20N4O2. The van der Waals surface area contributed by atoms with Crippen molar-refractivity contribution in [2.24, 2.45) is 5.73 Å². The number of carbonyl (C=O) groups is 2. The fraction of sp³-hybridized carbons (Fsp3) is 0.278. The van der Waals surface area contributed by atoms with Crippen molar-refractivity contribution < 1.29 is 9.59 Å². The van der Waals surface area contributed by atoms with Crippen molar-refractivity contribution in [2.75, 3.05) is 36.0 Å². The summed E-state index contributed by atoms with van der Waals surface area (Å²) >= 11 is 0. The van der Waals surface area contributed by atoms with Crippen molar-refractivity contribution in [3.63, 3.8) is 0 Å². The standard InChI is InChI=1S/C18H20N4O2/c1-13-3-2-4-16(20-13)22-11-9-21(10-12-22)15-7-5-14(6-8-15)17(23)18(19)24/h2-8H,9-12H2,1H3,(H2,19,24). The Morgan fingerprint density at radius 2 is 1.58 bits per heavy atom. The van der Waals surface area contributed by atoms with Gasteiger partial charge in [0.1, 0.15) is 5.82 Å². The summed E-state index contributed by atoms with van der Waals surface area (Å²) in [5.74, 6) is -0.573. The largest absolute Gasteiger partial charge is 0.368 e. The second-order valence-corrected chi connectivity index (χ2v) is 5.85. The first kappa shape index (κ1) is 16.0. The quantitative estimate of drug-likeness (QED) is 0.679. The van der Waals surface area contributed by atoms with E-state index in [1.807, 2.05) is 37.3 Å². The summed E-state index contributed by atoms with van der Waals surface area (Å²) < 4.78 is 0. The molecule has 0 bridgehead atoms. The highest BCUT2D eigenvalue weighted by Crippen LogP contribution is 2.20. The van der Waals surface area contributed by atoms with E-state index in [1.165, 1.54) is 0 Å². The molecule has 124 valence electrons. The van der Waals surface area contributed by atoms with Crippen LogP contribution >= 0.6 is 0 Å². The number of piperazine rings is 1. The van der Waals surface area contributed by atoms with E-state index in [0.29, 0.717) is 5.56 Å². The number of ketones is 1. The number of primary amides is 1. The van der Waals surface area contributed by atoms with Crippen LogP contribution in [0.15, 0.2) is 42.5 Å². The van der Waals surface area contributed by atoms with E-state index in [-0.39, 0.29) is 0 Å². The third kappa shape index (κ3) is 3.37. The summed E-state index contributed by atoms with van der Waals surface area (Å²) in [6, 6.07) is 13.1. The van der Waals surface area contributed by atoms with Gasteiger partial charge in [0.05, 0.1) is 0 Å². The molecule has 6 heteroatoms. The number of aryl methyl sites for hydroxylation is 1. The Labute approximate surface area is 140 Å². The normalized spacial score (nSPS) is 14.5. The van der Waals surface area contributed by atoms with Gasteiger partial charge in [0.25, 0.3) is 5.91 Å². The van der Waals surface area contributed by atoms with E-state index in [2.05, 4.69) is 14.8 Å². The third-order valence-electron chi connectivity index (χ3n) is 4.20. The maximum Gasteiger partial charge on any atom is 0.289 e. The number of hydrogen-bond acceptors (Lipinski definition) is 5. The van der Waals surface area contributed by atoms with Crippen LogP contribution in [-0.4, -0.2) is 42.9 Å². The number of nitrogens with two attached hydrogens (primary N) is 1. The molecule has 0 saturated carbocycles. The van der Waals surface area contributed by atoms with E-state index in [0.717, 1.165) is 43.4 Å². The number of Topliss-reactive ketones (excluding diaryl/α,β-unsaturated/α-hetero) is 1. The van der Waals surface area contributed by atoms with Gasteiger partial charge in [0.2, 0.25) is 5.78 Å². The van der Waals surface area contributed by atoms with Crippen molar-refractivity contribution in [3.05, 3.63) is 53.7 Å². The van der Waals surface area contributed by atoms with Crippen LogP contribution in [0.5, 0.6) is 0 Å². The Kier molecular flexibility index (Phi) is 4.46. The van der Waals surface area contributed by atoms with Gasteiger partial charge in [-0.1, -0.05) is 6.07 Å². The Morgan fingerprint density at radius 1 is 0.958 bits per heavy atom. The predicted octanol–water partition coefficient (Wildman–Crippen LogP) is 1.38. The van der Waals surface area contributed by atoms with Crippen LogP contribution in [0.4, 0.5) is 11.5 Å². The Hall–Kier alpha value is -2.89. The van der Waals surface area contributed by atoms with E-state index < -0.39 is 11.7 Å². The van der Waals surface area contributed by atoms with Crippen molar-refractivity contribution >= 4 is 23.2 Å². The Bertz CT molecular complexity index is 750. The zero-order valence-corrected chi connectivity index (χ0v) is 13.6. The molecule has 3 rings (SSSR count). The van der Waals surface area contributed by atoms with Gasteiger partial charge in [-0.25, -0.2) is 4.98 Å². The smallest absolute Gasteiger partial charge is 0.289 e. The van der Waals surface area contributed by atoms with Crippen molar-refractivity contribution in [2.45, 2.75) is 6.92 Å². The number of nitrogens with zero attached hydrogens (tertiary/aromatic N) is 3. The fourth-order valence-corrected chi connectivity index (χ4v) is 2.86. The molecule has 0 radical (unpaired) electrons. The molecule has 1 fully saturated rings. The maximum atomic E-state index is 11.6. The summed E-state index contributed by atoms with van der Waals surface area (Å²) in [7, 11) is 0.